The van der Waals surface area contributed by atoms with E-state index >= 15 is 0 Å². The lowest BCUT2D eigenvalue weighted by Crippen LogP contribution is -1.78. The fourth-order valence-electron chi connectivity index (χ4n) is 0.669. The summed E-state index contributed by atoms with van der Waals surface area (Å²) in [6.07, 6.45) is 11.3. The second kappa shape index (κ2) is 14.4. The van der Waals surface area contributed by atoms with Gasteiger partial charge in [-0.2, -0.15) is 0 Å². The van der Waals surface area contributed by atoms with Crippen LogP contribution in [0.5, 0.6) is 0 Å². The van der Waals surface area contributed by atoms with E-state index in [4.69, 9.17) is 15.0 Å². The minimum absolute atomic E-state index is 0.164. The van der Waals surface area contributed by atoms with E-state index in [0.29, 0.717) is 0 Å². The highest BCUT2D eigenvalue weighted by Crippen LogP contribution is 1.93. The van der Waals surface area contributed by atoms with Gasteiger partial charge in [0.15, 0.2) is 0 Å². The van der Waals surface area contributed by atoms with Crippen molar-refractivity contribution in [2.45, 2.75) is 33.1 Å². The van der Waals surface area contributed by atoms with Gasteiger partial charge in [-0.15, -0.1) is 0 Å². The van der Waals surface area contributed by atoms with Gasteiger partial charge in [0.1, 0.15) is 0 Å². The minimum atomic E-state index is -0.833. The maximum absolute atomic E-state index is 9.00. The van der Waals surface area contributed by atoms with Crippen molar-refractivity contribution in [3.8, 4) is 0 Å². The Morgan fingerprint density at radius 2 is 1.57 bits per heavy atom. The van der Waals surface area contributed by atoms with E-state index in [-0.39, 0.29) is 6.61 Å². The summed E-state index contributed by atoms with van der Waals surface area (Å²) in [5.74, 6) is -0.833. The van der Waals surface area contributed by atoms with Gasteiger partial charge in [0.05, 0.1) is 6.61 Å². The monoisotopic (exact) mass is 200 g/mol. The quantitative estimate of drug-likeness (QED) is 0.529. The van der Waals surface area contributed by atoms with Crippen LogP contribution in [-0.2, 0) is 4.79 Å². The van der Waals surface area contributed by atoms with Crippen LogP contribution in [0.3, 0.4) is 0 Å². The van der Waals surface area contributed by atoms with Crippen LogP contribution in [0.15, 0.2) is 24.3 Å². The van der Waals surface area contributed by atoms with Crippen LogP contribution in [0.25, 0.3) is 0 Å². The van der Waals surface area contributed by atoms with Crippen molar-refractivity contribution in [3.05, 3.63) is 24.3 Å². The largest absolute Gasteiger partial charge is 0.481 e. The summed E-state index contributed by atoms with van der Waals surface area (Å²) in [4.78, 5) is 9.00. The van der Waals surface area contributed by atoms with E-state index in [9.17, 15) is 0 Å². The molecule has 0 saturated heterocycles. The third-order valence-corrected chi connectivity index (χ3v) is 1.17. The van der Waals surface area contributed by atoms with Crippen molar-refractivity contribution >= 4 is 5.97 Å². The summed E-state index contributed by atoms with van der Waals surface area (Å²) in [5, 5.41) is 15.8. The molecule has 0 aromatic carbocycles. The first-order chi connectivity index (χ1) is 6.65. The normalized spacial score (nSPS) is 10.2. The number of carbonyl (C=O) groups is 1. The highest BCUT2D eigenvalue weighted by atomic mass is 16.4. The van der Waals surface area contributed by atoms with Crippen LogP contribution in [0, 0.1) is 0 Å². The zero-order valence-corrected chi connectivity index (χ0v) is 8.94. The molecule has 0 aliphatic heterocycles. The molecule has 0 aliphatic rings. The highest BCUT2D eigenvalue weighted by molar-refractivity contribution is 5.62. The Hall–Kier alpha value is -1.09. The predicted octanol–water partition coefficient (Wildman–Crippen LogP) is 2.37. The number of unbranched alkanes of at least 4 members (excludes halogenated alkanes) is 1. The Kier molecular flexibility index (Phi) is 15.9. The first kappa shape index (κ1) is 15.4. The SMILES string of the molecule is CC(=O)O.CC/C=C\CC/C=C/CO. The Bertz CT molecular complexity index is 153. The van der Waals surface area contributed by atoms with E-state index in [0.717, 1.165) is 26.2 Å². The number of carboxylic acids is 1. The molecule has 0 radical (unpaired) electrons. The van der Waals surface area contributed by atoms with Gasteiger partial charge in [0.2, 0.25) is 0 Å². The first-order valence-electron chi connectivity index (χ1n) is 4.75. The average molecular weight is 200 g/mol. The number of hydrogen-bond donors (Lipinski definition) is 2. The number of aliphatic hydroxyl groups is 1. The standard InChI is InChI=1S/C9H16O.C2H4O2/c1-2-3-4-5-6-7-8-9-10;1-2(3)4/h3-4,7-8,10H,2,5-6,9H2,1H3;1H3,(H,3,4)/b4-3-,8-7+;. The molecule has 14 heavy (non-hydrogen) atoms. The van der Waals surface area contributed by atoms with Gasteiger partial charge in [-0.1, -0.05) is 31.2 Å². The molecule has 0 saturated carbocycles. The molecule has 3 heteroatoms. The van der Waals surface area contributed by atoms with Crippen LogP contribution >= 0.6 is 0 Å². The summed E-state index contributed by atoms with van der Waals surface area (Å²) in [7, 11) is 0. The number of rotatable bonds is 5. The summed E-state index contributed by atoms with van der Waals surface area (Å²) in [6, 6.07) is 0. The van der Waals surface area contributed by atoms with Gasteiger partial charge in [0, 0.05) is 6.92 Å². The van der Waals surface area contributed by atoms with Crippen molar-refractivity contribution in [2.24, 2.45) is 0 Å². The Morgan fingerprint density at radius 3 is 1.93 bits per heavy atom. The lowest BCUT2D eigenvalue weighted by Gasteiger charge is -1.84. The number of allylic oxidation sites excluding steroid dienone is 3. The number of aliphatic hydroxyl groups excluding tert-OH is 1. The molecule has 0 bridgehead atoms. The van der Waals surface area contributed by atoms with Crippen molar-refractivity contribution in [1.29, 1.82) is 0 Å². The Balaban J connectivity index is 0. The fourth-order valence-corrected chi connectivity index (χ4v) is 0.669. The molecule has 3 nitrogen and oxygen atoms in total. The van der Waals surface area contributed by atoms with Crippen LogP contribution in [0.2, 0.25) is 0 Å². The van der Waals surface area contributed by atoms with Crippen molar-refractivity contribution < 1.29 is 15.0 Å². The van der Waals surface area contributed by atoms with Crippen molar-refractivity contribution in [3.63, 3.8) is 0 Å². The molecule has 0 atom stereocenters. The second-order valence-electron chi connectivity index (χ2n) is 2.63. The highest BCUT2D eigenvalue weighted by Gasteiger charge is 1.74. The average Bonchev–Trinajstić information content (AvgIpc) is 2.10. The molecular weight excluding hydrogens is 180 g/mol. The lowest BCUT2D eigenvalue weighted by atomic mass is 10.2. The fraction of sp³-hybridized carbons (Fsp3) is 0.545. The third kappa shape index (κ3) is 30.7. The lowest BCUT2D eigenvalue weighted by molar-refractivity contribution is -0.134. The van der Waals surface area contributed by atoms with Crippen molar-refractivity contribution in [2.75, 3.05) is 6.61 Å². The van der Waals surface area contributed by atoms with Crippen molar-refractivity contribution in [1.82, 2.24) is 0 Å². The summed E-state index contributed by atoms with van der Waals surface area (Å²) in [6.45, 7) is 3.37. The van der Waals surface area contributed by atoms with Crippen LogP contribution in [0.4, 0.5) is 0 Å². The number of hydrogen-bond acceptors (Lipinski definition) is 2. The number of carboxylic acid groups (broad SMARTS) is 1. The Morgan fingerprint density at radius 1 is 1.14 bits per heavy atom. The van der Waals surface area contributed by atoms with Gasteiger partial charge in [-0.25, -0.2) is 0 Å². The predicted molar refractivity (Wildman–Crippen MR) is 58.2 cm³/mol. The van der Waals surface area contributed by atoms with Crippen LogP contribution in [-0.4, -0.2) is 22.8 Å². The molecule has 0 amide bonds. The zero-order valence-electron chi connectivity index (χ0n) is 8.94. The smallest absolute Gasteiger partial charge is 0.300 e. The van der Waals surface area contributed by atoms with E-state index in [1.54, 1.807) is 6.08 Å². The molecule has 0 rings (SSSR count). The van der Waals surface area contributed by atoms with Crippen LogP contribution < -0.4 is 0 Å². The molecule has 0 aromatic rings. The van der Waals surface area contributed by atoms with Crippen LogP contribution in [0.1, 0.15) is 33.1 Å². The van der Waals surface area contributed by atoms with Gasteiger partial charge in [0.25, 0.3) is 5.97 Å². The minimum Gasteiger partial charge on any atom is -0.481 e. The zero-order chi connectivity index (χ0) is 11.2. The maximum atomic E-state index is 9.00. The van der Waals surface area contributed by atoms with E-state index in [1.165, 1.54) is 0 Å². The molecule has 0 heterocycles. The maximum Gasteiger partial charge on any atom is 0.300 e. The van der Waals surface area contributed by atoms with Gasteiger partial charge >= 0.3 is 0 Å². The number of aliphatic carboxylic acids is 1. The third-order valence-electron chi connectivity index (χ3n) is 1.17. The van der Waals surface area contributed by atoms with E-state index in [1.807, 2.05) is 6.08 Å². The molecular formula is C11H20O3. The molecule has 0 fully saturated rings. The van der Waals surface area contributed by atoms with E-state index in [2.05, 4.69) is 19.1 Å². The molecule has 0 aliphatic carbocycles. The molecule has 2 N–H and O–H groups in total. The van der Waals surface area contributed by atoms with Gasteiger partial charge in [-0.3, -0.25) is 4.79 Å². The van der Waals surface area contributed by atoms with Gasteiger partial charge < -0.3 is 10.2 Å². The molecule has 0 unspecified atom stereocenters. The topological polar surface area (TPSA) is 57.5 Å². The second-order valence-corrected chi connectivity index (χ2v) is 2.63. The summed E-state index contributed by atoms with van der Waals surface area (Å²) in [5.41, 5.74) is 0. The molecule has 0 aromatic heterocycles. The van der Waals surface area contributed by atoms with Gasteiger partial charge in [-0.05, 0) is 19.3 Å². The summed E-state index contributed by atoms with van der Waals surface area (Å²) < 4.78 is 0. The summed E-state index contributed by atoms with van der Waals surface area (Å²) >= 11 is 0. The Labute approximate surface area is 85.8 Å². The molecule has 82 valence electrons. The first-order valence-corrected chi connectivity index (χ1v) is 4.75. The molecule has 0 spiro atoms. The van der Waals surface area contributed by atoms with E-state index < -0.39 is 5.97 Å².